The second kappa shape index (κ2) is 4.75. The molecule has 0 radical (unpaired) electrons. The lowest BCUT2D eigenvalue weighted by molar-refractivity contribution is -0.119. The van der Waals surface area contributed by atoms with Gasteiger partial charge in [0.05, 0.1) is 5.56 Å². The molecule has 0 spiro atoms. The van der Waals surface area contributed by atoms with E-state index >= 15 is 0 Å². The third-order valence-corrected chi connectivity index (χ3v) is 2.46. The third-order valence-electron chi connectivity index (χ3n) is 2.46. The second-order valence-electron chi connectivity index (χ2n) is 3.85. The predicted octanol–water partition coefficient (Wildman–Crippen LogP) is 1.33. The highest BCUT2D eigenvalue weighted by atomic mass is 16.3. The Bertz CT molecular complexity index is 623. The average Bonchev–Trinajstić information content (AvgIpc) is 2.35. The zero-order valence-corrected chi connectivity index (χ0v) is 9.73. The van der Waals surface area contributed by atoms with Crippen molar-refractivity contribution in [3.8, 4) is 5.75 Å². The molecule has 2 aromatic rings. The summed E-state index contributed by atoms with van der Waals surface area (Å²) in [6, 6.07) is 10.4. The summed E-state index contributed by atoms with van der Waals surface area (Å²) in [5.41, 5.74) is 4.49. The highest BCUT2D eigenvalue weighted by Crippen LogP contribution is 2.24. The first kappa shape index (κ1) is 11.9. The zero-order chi connectivity index (χ0) is 13.1. The van der Waals surface area contributed by atoms with Crippen molar-refractivity contribution in [1.82, 2.24) is 10.9 Å². The van der Waals surface area contributed by atoms with E-state index in [9.17, 15) is 14.7 Å². The minimum atomic E-state index is -0.562. The SMILES string of the molecule is CC(=O)NNC(=O)c1cc2ccccc2cc1O. The van der Waals surface area contributed by atoms with Crippen molar-refractivity contribution >= 4 is 22.6 Å². The number of aromatic hydroxyl groups is 1. The van der Waals surface area contributed by atoms with Crippen molar-refractivity contribution in [1.29, 1.82) is 0 Å². The molecule has 0 bridgehead atoms. The summed E-state index contributed by atoms with van der Waals surface area (Å²) >= 11 is 0. The van der Waals surface area contributed by atoms with Crippen LogP contribution < -0.4 is 10.9 Å². The number of hydrazine groups is 1. The van der Waals surface area contributed by atoms with Gasteiger partial charge in [-0.1, -0.05) is 24.3 Å². The van der Waals surface area contributed by atoms with Crippen LogP contribution in [0.25, 0.3) is 10.8 Å². The molecule has 0 aliphatic rings. The van der Waals surface area contributed by atoms with E-state index in [0.29, 0.717) is 0 Å². The number of phenolic OH excluding ortho intramolecular Hbond substituents is 1. The third kappa shape index (κ3) is 2.40. The maximum absolute atomic E-state index is 11.7. The quantitative estimate of drug-likeness (QED) is 0.662. The Balaban J connectivity index is 2.35. The van der Waals surface area contributed by atoms with E-state index in [1.54, 1.807) is 6.07 Å². The van der Waals surface area contributed by atoms with Crippen molar-refractivity contribution in [2.75, 3.05) is 0 Å². The predicted molar refractivity (Wildman–Crippen MR) is 66.9 cm³/mol. The number of hydrogen-bond donors (Lipinski definition) is 3. The molecule has 0 heterocycles. The molecule has 0 aromatic heterocycles. The summed E-state index contributed by atoms with van der Waals surface area (Å²) in [6.07, 6.45) is 0. The summed E-state index contributed by atoms with van der Waals surface area (Å²) in [5, 5.41) is 11.4. The maximum atomic E-state index is 11.7. The van der Waals surface area contributed by atoms with Gasteiger partial charge in [0.25, 0.3) is 5.91 Å². The fourth-order valence-electron chi connectivity index (χ4n) is 1.62. The molecule has 5 nitrogen and oxygen atoms in total. The van der Waals surface area contributed by atoms with Gasteiger partial charge in [0.2, 0.25) is 5.91 Å². The van der Waals surface area contributed by atoms with Crippen LogP contribution in [0.3, 0.4) is 0 Å². The number of rotatable bonds is 1. The van der Waals surface area contributed by atoms with Crippen LogP contribution in [0, 0.1) is 0 Å². The second-order valence-corrected chi connectivity index (χ2v) is 3.85. The summed E-state index contributed by atoms with van der Waals surface area (Å²) < 4.78 is 0. The van der Waals surface area contributed by atoms with Gasteiger partial charge in [-0.3, -0.25) is 20.4 Å². The van der Waals surface area contributed by atoms with E-state index in [-0.39, 0.29) is 17.2 Å². The largest absolute Gasteiger partial charge is 0.507 e. The smallest absolute Gasteiger partial charge is 0.273 e. The molecule has 2 rings (SSSR count). The first-order chi connectivity index (χ1) is 8.58. The molecule has 0 saturated heterocycles. The number of carbonyl (C=O) groups excluding carboxylic acids is 2. The molecule has 0 atom stereocenters. The van der Waals surface area contributed by atoms with Crippen molar-refractivity contribution < 1.29 is 14.7 Å². The molecule has 0 saturated carbocycles. The van der Waals surface area contributed by atoms with Gasteiger partial charge < -0.3 is 5.11 Å². The fourth-order valence-corrected chi connectivity index (χ4v) is 1.62. The molecule has 2 aromatic carbocycles. The first-order valence-electron chi connectivity index (χ1n) is 5.36. The van der Waals surface area contributed by atoms with Crippen LogP contribution in [0.1, 0.15) is 17.3 Å². The Morgan fingerprint density at radius 3 is 2.28 bits per heavy atom. The maximum Gasteiger partial charge on any atom is 0.273 e. The summed E-state index contributed by atoms with van der Waals surface area (Å²) in [5.74, 6) is -1.08. The highest BCUT2D eigenvalue weighted by Gasteiger charge is 2.12. The Labute approximate surface area is 103 Å². The van der Waals surface area contributed by atoms with Gasteiger partial charge in [0.1, 0.15) is 5.75 Å². The number of phenols is 1. The van der Waals surface area contributed by atoms with Gasteiger partial charge >= 0.3 is 0 Å². The van der Waals surface area contributed by atoms with Gasteiger partial charge in [-0.15, -0.1) is 0 Å². The summed E-state index contributed by atoms with van der Waals surface area (Å²) in [4.78, 5) is 22.4. The topological polar surface area (TPSA) is 78.4 Å². The van der Waals surface area contributed by atoms with Crippen LogP contribution in [-0.2, 0) is 4.79 Å². The Morgan fingerprint density at radius 1 is 1.06 bits per heavy atom. The minimum absolute atomic E-state index is 0.113. The van der Waals surface area contributed by atoms with Gasteiger partial charge in [-0.25, -0.2) is 0 Å². The molecule has 0 unspecified atom stereocenters. The standard InChI is InChI=1S/C13H12N2O3/c1-8(16)14-15-13(18)11-6-9-4-2-3-5-10(9)7-12(11)17/h2-7,17H,1H3,(H,14,16)(H,15,18). The summed E-state index contributed by atoms with van der Waals surface area (Å²) in [7, 11) is 0. The molecule has 3 N–H and O–H groups in total. The Hall–Kier alpha value is -2.56. The molecular weight excluding hydrogens is 232 g/mol. The van der Waals surface area contributed by atoms with Gasteiger partial charge in [0.15, 0.2) is 0 Å². The number of fused-ring (bicyclic) bond motifs is 1. The molecule has 0 aliphatic carbocycles. The number of amides is 2. The van der Waals surface area contributed by atoms with E-state index in [1.165, 1.54) is 13.0 Å². The van der Waals surface area contributed by atoms with Crippen molar-refractivity contribution in [2.24, 2.45) is 0 Å². The molecule has 5 heteroatoms. The minimum Gasteiger partial charge on any atom is -0.507 e. The van der Waals surface area contributed by atoms with E-state index < -0.39 is 5.91 Å². The molecule has 0 fully saturated rings. The van der Waals surface area contributed by atoms with Crippen LogP contribution in [0.4, 0.5) is 0 Å². The van der Waals surface area contributed by atoms with Crippen LogP contribution >= 0.6 is 0 Å². The van der Waals surface area contributed by atoms with Crippen molar-refractivity contribution in [3.05, 3.63) is 42.0 Å². The highest BCUT2D eigenvalue weighted by molar-refractivity contribution is 6.01. The van der Waals surface area contributed by atoms with Crippen LogP contribution in [0.2, 0.25) is 0 Å². The summed E-state index contributed by atoms with van der Waals surface area (Å²) in [6.45, 7) is 1.28. The number of carbonyl (C=O) groups is 2. The van der Waals surface area contributed by atoms with Crippen molar-refractivity contribution in [3.63, 3.8) is 0 Å². The monoisotopic (exact) mass is 244 g/mol. The average molecular weight is 244 g/mol. The Morgan fingerprint density at radius 2 is 1.67 bits per heavy atom. The van der Waals surface area contributed by atoms with Gasteiger partial charge in [0, 0.05) is 6.92 Å². The van der Waals surface area contributed by atoms with E-state index in [4.69, 9.17) is 0 Å². The molecule has 2 amide bonds. The van der Waals surface area contributed by atoms with E-state index in [0.717, 1.165) is 10.8 Å². The normalized spacial score (nSPS) is 10.1. The molecule has 92 valence electrons. The first-order valence-corrected chi connectivity index (χ1v) is 5.36. The lowest BCUT2D eigenvalue weighted by Gasteiger charge is -2.08. The van der Waals surface area contributed by atoms with Crippen LogP contribution in [0.5, 0.6) is 5.75 Å². The Kier molecular flexibility index (Phi) is 3.14. The van der Waals surface area contributed by atoms with E-state index in [1.807, 2.05) is 24.3 Å². The van der Waals surface area contributed by atoms with Crippen LogP contribution in [0.15, 0.2) is 36.4 Å². The molecular formula is C13H12N2O3. The molecule has 0 aliphatic heterocycles. The van der Waals surface area contributed by atoms with Gasteiger partial charge in [-0.05, 0) is 22.9 Å². The zero-order valence-electron chi connectivity index (χ0n) is 9.73. The fraction of sp³-hybridized carbons (Fsp3) is 0.0769. The molecule has 18 heavy (non-hydrogen) atoms. The number of benzene rings is 2. The number of nitrogens with one attached hydrogen (secondary N) is 2. The lowest BCUT2D eigenvalue weighted by atomic mass is 10.1. The van der Waals surface area contributed by atoms with Crippen molar-refractivity contribution in [2.45, 2.75) is 6.92 Å². The van der Waals surface area contributed by atoms with Crippen LogP contribution in [-0.4, -0.2) is 16.9 Å². The lowest BCUT2D eigenvalue weighted by Crippen LogP contribution is -2.40. The van der Waals surface area contributed by atoms with Gasteiger partial charge in [-0.2, -0.15) is 0 Å². The van der Waals surface area contributed by atoms with E-state index in [2.05, 4.69) is 10.9 Å². The number of hydrogen-bond acceptors (Lipinski definition) is 3.